The molecule has 2 bridgehead atoms. The number of allylic oxidation sites excluding steroid dienone is 1. The van der Waals surface area contributed by atoms with Crippen LogP contribution in [-0.4, -0.2) is 46.7 Å². The zero-order chi connectivity index (χ0) is 9.42. The molecule has 0 aromatic heterocycles. The normalized spacial score (nSPS) is 29.2. The number of hydrogen-bond acceptors (Lipinski definition) is 3. The highest BCUT2D eigenvalue weighted by Gasteiger charge is 2.30. The highest BCUT2D eigenvalue weighted by molar-refractivity contribution is 5.09. The van der Waals surface area contributed by atoms with Gasteiger partial charge in [-0.25, -0.2) is 0 Å². The van der Waals surface area contributed by atoms with E-state index in [1.54, 1.807) is 0 Å². The number of fused-ring (bicyclic) bond motifs is 2. The third kappa shape index (κ3) is 1.66. The van der Waals surface area contributed by atoms with Gasteiger partial charge >= 0.3 is 0 Å². The fourth-order valence-corrected chi connectivity index (χ4v) is 2.28. The van der Waals surface area contributed by atoms with Crippen molar-refractivity contribution in [1.29, 1.82) is 0 Å². The van der Waals surface area contributed by atoms with Gasteiger partial charge in [0.2, 0.25) is 0 Å². The van der Waals surface area contributed by atoms with E-state index in [-0.39, 0.29) is 6.10 Å². The fourth-order valence-electron chi connectivity index (χ4n) is 2.28. The molecule has 3 aliphatic rings. The SMILES string of the molecule is CC1=CN2CCN1CC2CC(C)O. The van der Waals surface area contributed by atoms with Crippen molar-refractivity contribution >= 4 is 0 Å². The average molecular weight is 182 g/mol. The molecule has 3 heterocycles. The minimum Gasteiger partial charge on any atom is -0.393 e. The Morgan fingerprint density at radius 3 is 2.85 bits per heavy atom. The van der Waals surface area contributed by atoms with Crippen molar-refractivity contribution in [2.24, 2.45) is 0 Å². The summed E-state index contributed by atoms with van der Waals surface area (Å²) < 4.78 is 0. The minimum absolute atomic E-state index is 0.181. The van der Waals surface area contributed by atoms with Crippen LogP contribution in [0.1, 0.15) is 20.3 Å². The molecule has 74 valence electrons. The first kappa shape index (κ1) is 8.88. The molecule has 1 N–H and O–H groups in total. The van der Waals surface area contributed by atoms with E-state index >= 15 is 0 Å². The summed E-state index contributed by atoms with van der Waals surface area (Å²) in [4.78, 5) is 4.79. The highest BCUT2D eigenvalue weighted by Crippen LogP contribution is 2.24. The molecule has 0 amide bonds. The van der Waals surface area contributed by atoms with E-state index < -0.39 is 0 Å². The molecule has 0 spiro atoms. The number of aliphatic hydroxyl groups excluding tert-OH is 1. The van der Waals surface area contributed by atoms with E-state index in [4.69, 9.17) is 0 Å². The predicted molar refractivity (Wildman–Crippen MR) is 52.1 cm³/mol. The first-order valence-electron chi connectivity index (χ1n) is 5.04. The third-order valence-corrected chi connectivity index (χ3v) is 2.99. The van der Waals surface area contributed by atoms with E-state index in [1.165, 1.54) is 5.70 Å². The Kier molecular flexibility index (Phi) is 2.20. The Bertz CT molecular complexity index is 225. The van der Waals surface area contributed by atoms with Gasteiger partial charge in [-0.3, -0.25) is 0 Å². The average Bonchev–Trinajstić information content (AvgIpc) is 2.05. The second kappa shape index (κ2) is 3.22. The molecule has 3 heteroatoms. The molecular weight excluding hydrogens is 164 g/mol. The Morgan fingerprint density at radius 1 is 1.62 bits per heavy atom. The van der Waals surface area contributed by atoms with E-state index in [0.717, 1.165) is 26.1 Å². The summed E-state index contributed by atoms with van der Waals surface area (Å²) in [5.41, 5.74) is 1.37. The van der Waals surface area contributed by atoms with Crippen molar-refractivity contribution in [3.05, 3.63) is 11.9 Å². The lowest BCUT2D eigenvalue weighted by molar-refractivity contribution is 0.0641. The molecule has 3 aliphatic heterocycles. The van der Waals surface area contributed by atoms with Crippen LogP contribution in [0, 0.1) is 0 Å². The molecule has 0 aromatic carbocycles. The summed E-state index contributed by atoms with van der Waals surface area (Å²) in [7, 11) is 0. The van der Waals surface area contributed by atoms with Gasteiger partial charge in [0.05, 0.1) is 6.10 Å². The van der Waals surface area contributed by atoms with Crippen LogP contribution in [0.4, 0.5) is 0 Å². The number of rotatable bonds is 2. The summed E-state index contributed by atoms with van der Waals surface area (Å²) >= 11 is 0. The molecule has 0 aromatic rings. The van der Waals surface area contributed by atoms with Gasteiger partial charge in [0.25, 0.3) is 0 Å². The van der Waals surface area contributed by atoms with Crippen molar-refractivity contribution < 1.29 is 5.11 Å². The maximum Gasteiger partial charge on any atom is 0.0532 e. The standard InChI is InChI=1S/C10H18N2O/c1-8-6-12-4-3-11(8)7-10(12)5-9(2)13/h6,9-10,13H,3-5,7H2,1-2H3. The Balaban J connectivity index is 2.04. The van der Waals surface area contributed by atoms with Gasteiger partial charge < -0.3 is 14.9 Å². The van der Waals surface area contributed by atoms with Crippen molar-refractivity contribution in [2.75, 3.05) is 19.6 Å². The molecule has 13 heavy (non-hydrogen) atoms. The molecule has 1 saturated heterocycles. The predicted octanol–water partition coefficient (Wildman–Crippen LogP) is 0.618. The number of nitrogens with zero attached hydrogens (tertiary/aromatic N) is 2. The molecule has 0 saturated carbocycles. The van der Waals surface area contributed by atoms with Gasteiger partial charge in [-0.1, -0.05) is 0 Å². The summed E-state index contributed by atoms with van der Waals surface area (Å²) in [5.74, 6) is 0. The first-order valence-corrected chi connectivity index (χ1v) is 5.04. The second-order valence-electron chi connectivity index (χ2n) is 4.19. The maximum absolute atomic E-state index is 9.33. The quantitative estimate of drug-likeness (QED) is 0.678. The lowest BCUT2D eigenvalue weighted by Gasteiger charge is -2.48. The molecule has 3 rings (SSSR count). The van der Waals surface area contributed by atoms with Gasteiger partial charge in [-0.2, -0.15) is 0 Å². The Hall–Kier alpha value is -0.700. The molecule has 0 radical (unpaired) electrons. The van der Waals surface area contributed by atoms with Crippen LogP contribution in [0.2, 0.25) is 0 Å². The summed E-state index contributed by atoms with van der Waals surface area (Å²) in [5, 5.41) is 9.33. The molecule has 1 fully saturated rings. The van der Waals surface area contributed by atoms with Crippen molar-refractivity contribution in [3.63, 3.8) is 0 Å². The fraction of sp³-hybridized carbons (Fsp3) is 0.800. The van der Waals surface area contributed by atoms with E-state index in [1.807, 2.05) is 6.92 Å². The Morgan fingerprint density at radius 2 is 2.38 bits per heavy atom. The topological polar surface area (TPSA) is 26.7 Å². The van der Waals surface area contributed by atoms with Crippen LogP contribution in [0.25, 0.3) is 0 Å². The molecule has 3 nitrogen and oxygen atoms in total. The lowest BCUT2D eigenvalue weighted by atomic mass is 10.0. The number of hydrogen-bond donors (Lipinski definition) is 1. The van der Waals surface area contributed by atoms with Gasteiger partial charge in [0, 0.05) is 37.6 Å². The minimum atomic E-state index is -0.181. The molecule has 2 unspecified atom stereocenters. The zero-order valence-corrected chi connectivity index (χ0v) is 8.40. The second-order valence-corrected chi connectivity index (χ2v) is 4.19. The van der Waals surface area contributed by atoms with Crippen LogP contribution < -0.4 is 0 Å². The lowest BCUT2D eigenvalue weighted by Crippen LogP contribution is -2.55. The summed E-state index contributed by atoms with van der Waals surface area (Å²) in [6, 6.07) is 0.525. The number of piperazine rings is 1. The van der Waals surface area contributed by atoms with Gasteiger partial charge in [0.15, 0.2) is 0 Å². The van der Waals surface area contributed by atoms with E-state index in [0.29, 0.717) is 6.04 Å². The van der Waals surface area contributed by atoms with Crippen molar-refractivity contribution in [2.45, 2.75) is 32.4 Å². The summed E-state index contributed by atoms with van der Waals surface area (Å²) in [6.07, 6.45) is 2.93. The van der Waals surface area contributed by atoms with Crippen LogP contribution in [0.5, 0.6) is 0 Å². The number of aliphatic hydroxyl groups is 1. The molecule has 0 aliphatic carbocycles. The van der Waals surface area contributed by atoms with Crippen LogP contribution in [0.3, 0.4) is 0 Å². The molecule has 2 atom stereocenters. The summed E-state index contributed by atoms with van der Waals surface area (Å²) in [6.45, 7) is 7.39. The zero-order valence-electron chi connectivity index (χ0n) is 8.40. The van der Waals surface area contributed by atoms with Crippen molar-refractivity contribution in [1.82, 2.24) is 9.80 Å². The van der Waals surface area contributed by atoms with Gasteiger partial charge in [-0.05, 0) is 20.3 Å². The molecular formula is C10H18N2O. The smallest absolute Gasteiger partial charge is 0.0532 e. The van der Waals surface area contributed by atoms with Gasteiger partial charge in [0.1, 0.15) is 0 Å². The van der Waals surface area contributed by atoms with E-state index in [2.05, 4.69) is 22.9 Å². The largest absolute Gasteiger partial charge is 0.393 e. The van der Waals surface area contributed by atoms with Crippen LogP contribution >= 0.6 is 0 Å². The Labute approximate surface area is 79.6 Å². The third-order valence-electron chi connectivity index (χ3n) is 2.99. The maximum atomic E-state index is 9.33. The van der Waals surface area contributed by atoms with Crippen LogP contribution in [-0.2, 0) is 0 Å². The van der Waals surface area contributed by atoms with Crippen molar-refractivity contribution in [3.8, 4) is 0 Å². The van der Waals surface area contributed by atoms with Gasteiger partial charge in [-0.15, -0.1) is 0 Å². The van der Waals surface area contributed by atoms with E-state index in [9.17, 15) is 5.11 Å². The monoisotopic (exact) mass is 182 g/mol. The highest BCUT2D eigenvalue weighted by atomic mass is 16.3. The first-order chi connectivity index (χ1) is 6.16. The van der Waals surface area contributed by atoms with Crippen LogP contribution in [0.15, 0.2) is 11.9 Å².